The molecule has 0 aliphatic carbocycles. The molecule has 1 N–H and O–H groups in total. The number of ether oxygens (including phenoxy) is 1. The van der Waals surface area contributed by atoms with Gasteiger partial charge in [0.1, 0.15) is 5.82 Å². The van der Waals surface area contributed by atoms with Crippen molar-refractivity contribution in [2.45, 2.75) is 19.4 Å². The second-order valence-electron chi connectivity index (χ2n) is 6.39. The molecular formula is C22H20FNO3S. The number of aryl methyl sites for hydroxylation is 1. The second-order valence-corrected chi connectivity index (χ2v) is 7.37. The van der Waals surface area contributed by atoms with E-state index in [1.807, 2.05) is 48.7 Å². The van der Waals surface area contributed by atoms with E-state index in [4.69, 9.17) is 4.74 Å². The topological polar surface area (TPSA) is 55.4 Å². The van der Waals surface area contributed by atoms with Gasteiger partial charge in [-0.05, 0) is 41.6 Å². The minimum atomic E-state index is -0.464. The van der Waals surface area contributed by atoms with E-state index in [-0.39, 0.29) is 18.8 Å². The lowest BCUT2D eigenvalue weighted by molar-refractivity contribution is -0.148. The van der Waals surface area contributed by atoms with Crippen molar-refractivity contribution < 1.29 is 18.7 Å². The van der Waals surface area contributed by atoms with Crippen LogP contribution in [0.2, 0.25) is 0 Å². The molecule has 0 fully saturated rings. The first-order valence-electron chi connectivity index (χ1n) is 8.80. The van der Waals surface area contributed by atoms with Gasteiger partial charge in [-0.2, -0.15) is 0 Å². The largest absolute Gasteiger partial charge is 0.455 e. The van der Waals surface area contributed by atoms with Crippen molar-refractivity contribution in [1.82, 2.24) is 5.32 Å². The summed E-state index contributed by atoms with van der Waals surface area (Å²) < 4.78 is 18.3. The molecule has 1 atom stereocenters. The Kier molecular flexibility index (Phi) is 6.55. The Morgan fingerprint density at radius 2 is 1.79 bits per heavy atom. The number of benzene rings is 2. The molecule has 6 heteroatoms. The molecule has 4 nitrogen and oxygen atoms in total. The first-order chi connectivity index (χ1) is 13.5. The minimum absolute atomic E-state index is 0.111. The van der Waals surface area contributed by atoms with Gasteiger partial charge in [0, 0.05) is 4.88 Å². The fourth-order valence-corrected chi connectivity index (χ4v) is 3.50. The maximum atomic E-state index is 13.2. The second kappa shape index (κ2) is 9.28. The zero-order valence-electron chi connectivity index (χ0n) is 15.4. The molecule has 28 heavy (non-hydrogen) atoms. The summed E-state index contributed by atoms with van der Waals surface area (Å²) in [6.07, 6.45) is 0.111. The van der Waals surface area contributed by atoms with Crippen LogP contribution in [0.3, 0.4) is 0 Å². The SMILES string of the molecule is Cc1ccc(CC(=O)OCC(=O)NC(c2ccc(F)cc2)c2cccs2)cc1. The Balaban J connectivity index is 1.58. The Bertz CT molecular complexity index is 921. The van der Waals surface area contributed by atoms with Crippen molar-refractivity contribution in [3.8, 4) is 0 Å². The lowest BCUT2D eigenvalue weighted by atomic mass is 10.1. The van der Waals surface area contributed by atoms with Crippen LogP contribution >= 0.6 is 11.3 Å². The van der Waals surface area contributed by atoms with E-state index >= 15 is 0 Å². The van der Waals surface area contributed by atoms with E-state index in [1.54, 1.807) is 12.1 Å². The van der Waals surface area contributed by atoms with Gasteiger partial charge < -0.3 is 10.1 Å². The number of amides is 1. The normalized spacial score (nSPS) is 11.6. The smallest absolute Gasteiger partial charge is 0.310 e. The van der Waals surface area contributed by atoms with Gasteiger partial charge in [-0.3, -0.25) is 9.59 Å². The van der Waals surface area contributed by atoms with Crippen LogP contribution in [0.4, 0.5) is 4.39 Å². The van der Waals surface area contributed by atoms with E-state index in [1.165, 1.54) is 23.5 Å². The predicted octanol–water partition coefficient (Wildman–Crippen LogP) is 4.19. The number of halogens is 1. The van der Waals surface area contributed by atoms with Crippen molar-refractivity contribution in [3.05, 3.63) is 93.4 Å². The Morgan fingerprint density at radius 3 is 2.43 bits per heavy atom. The van der Waals surface area contributed by atoms with Crippen molar-refractivity contribution >= 4 is 23.2 Å². The summed E-state index contributed by atoms with van der Waals surface area (Å²) in [6.45, 7) is 1.60. The summed E-state index contributed by atoms with van der Waals surface area (Å²) in [7, 11) is 0. The van der Waals surface area contributed by atoms with Gasteiger partial charge in [-0.1, -0.05) is 48.0 Å². The molecule has 0 radical (unpaired) electrons. The molecule has 1 heterocycles. The molecule has 0 saturated heterocycles. The van der Waals surface area contributed by atoms with Crippen LogP contribution in [0.1, 0.15) is 27.6 Å². The lowest BCUT2D eigenvalue weighted by Crippen LogP contribution is -2.33. The number of rotatable bonds is 7. The summed E-state index contributed by atoms with van der Waals surface area (Å²) >= 11 is 1.48. The molecule has 0 aliphatic rings. The molecule has 0 spiro atoms. The third-order valence-electron chi connectivity index (χ3n) is 4.17. The number of nitrogens with one attached hydrogen (secondary N) is 1. The van der Waals surface area contributed by atoms with Crippen molar-refractivity contribution in [1.29, 1.82) is 0 Å². The zero-order valence-corrected chi connectivity index (χ0v) is 16.2. The Labute approximate surface area is 167 Å². The van der Waals surface area contributed by atoms with Crippen LogP contribution in [-0.2, 0) is 20.7 Å². The monoisotopic (exact) mass is 397 g/mol. The van der Waals surface area contributed by atoms with Gasteiger partial charge in [0.2, 0.25) is 0 Å². The van der Waals surface area contributed by atoms with Crippen molar-refractivity contribution in [2.75, 3.05) is 6.61 Å². The van der Waals surface area contributed by atoms with Crippen LogP contribution in [-0.4, -0.2) is 18.5 Å². The highest BCUT2D eigenvalue weighted by Crippen LogP contribution is 2.26. The summed E-state index contributed by atoms with van der Waals surface area (Å²) in [5, 5.41) is 4.76. The molecule has 1 unspecified atom stereocenters. The van der Waals surface area contributed by atoms with Crippen molar-refractivity contribution in [3.63, 3.8) is 0 Å². The Morgan fingerprint density at radius 1 is 1.07 bits per heavy atom. The van der Waals surface area contributed by atoms with Crippen LogP contribution in [0.25, 0.3) is 0 Å². The maximum absolute atomic E-state index is 13.2. The molecule has 0 bridgehead atoms. The summed E-state index contributed by atoms with van der Waals surface area (Å²) in [5.41, 5.74) is 2.69. The molecule has 2 aromatic carbocycles. The highest BCUT2D eigenvalue weighted by molar-refractivity contribution is 7.10. The molecule has 1 aromatic heterocycles. The van der Waals surface area contributed by atoms with Crippen LogP contribution in [0.5, 0.6) is 0 Å². The zero-order chi connectivity index (χ0) is 19.9. The van der Waals surface area contributed by atoms with E-state index in [9.17, 15) is 14.0 Å². The van der Waals surface area contributed by atoms with Gasteiger partial charge in [0.25, 0.3) is 5.91 Å². The summed E-state index contributed by atoms with van der Waals surface area (Å²) in [4.78, 5) is 25.2. The molecule has 3 aromatic rings. The standard InChI is InChI=1S/C22H20FNO3S/c1-15-4-6-16(7-5-15)13-21(26)27-14-20(25)24-22(19-3-2-12-28-19)17-8-10-18(23)11-9-17/h2-12,22H,13-14H2,1H3,(H,24,25). The van der Waals surface area contributed by atoms with Crippen LogP contribution in [0.15, 0.2) is 66.0 Å². The molecule has 0 aliphatic heterocycles. The number of hydrogen-bond donors (Lipinski definition) is 1. The number of carbonyl (C=O) groups excluding carboxylic acids is 2. The van der Waals surface area contributed by atoms with Gasteiger partial charge in [-0.15, -0.1) is 11.3 Å². The van der Waals surface area contributed by atoms with Crippen LogP contribution < -0.4 is 5.32 Å². The highest BCUT2D eigenvalue weighted by atomic mass is 32.1. The number of hydrogen-bond acceptors (Lipinski definition) is 4. The minimum Gasteiger partial charge on any atom is -0.455 e. The van der Waals surface area contributed by atoms with Crippen molar-refractivity contribution in [2.24, 2.45) is 0 Å². The first kappa shape index (κ1) is 19.8. The molecule has 1 amide bonds. The molecular weight excluding hydrogens is 377 g/mol. The molecule has 3 rings (SSSR count). The van der Waals surface area contributed by atoms with E-state index in [0.29, 0.717) is 0 Å². The molecule has 0 saturated carbocycles. The average molecular weight is 397 g/mol. The third-order valence-corrected chi connectivity index (χ3v) is 5.11. The van der Waals surface area contributed by atoms with Gasteiger partial charge in [0.05, 0.1) is 12.5 Å². The number of carbonyl (C=O) groups is 2. The van der Waals surface area contributed by atoms with Gasteiger partial charge in [-0.25, -0.2) is 4.39 Å². The molecule has 144 valence electrons. The van der Waals surface area contributed by atoms with E-state index in [2.05, 4.69) is 5.32 Å². The highest BCUT2D eigenvalue weighted by Gasteiger charge is 2.19. The predicted molar refractivity (Wildman–Crippen MR) is 107 cm³/mol. The number of thiophene rings is 1. The Hall–Kier alpha value is -2.99. The quantitative estimate of drug-likeness (QED) is 0.609. The lowest BCUT2D eigenvalue weighted by Gasteiger charge is -2.18. The van der Waals surface area contributed by atoms with Gasteiger partial charge >= 0.3 is 5.97 Å². The average Bonchev–Trinajstić information content (AvgIpc) is 3.22. The van der Waals surface area contributed by atoms with E-state index < -0.39 is 17.9 Å². The summed E-state index contributed by atoms with van der Waals surface area (Å²) in [6, 6.07) is 16.9. The van der Waals surface area contributed by atoms with E-state index in [0.717, 1.165) is 21.6 Å². The van der Waals surface area contributed by atoms with Gasteiger partial charge in [0.15, 0.2) is 6.61 Å². The maximum Gasteiger partial charge on any atom is 0.310 e. The summed E-state index contributed by atoms with van der Waals surface area (Å²) in [5.74, 6) is -1.22. The third kappa shape index (κ3) is 5.50. The fraction of sp³-hybridized carbons (Fsp3) is 0.182. The fourth-order valence-electron chi connectivity index (χ4n) is 2.70. The van der Waals surface area contributed by atoms with Crippen LogP contribution in [0, 0.1) is 12.7 Å². The number of esters is 1. The first-order valence-corrected chi connectivity index (χ1v) is 9.68.